The van der Waals surface area contributed by atoms with Crippen LogP contribution in [0.25, 0.3) is 11.3 Å². The smallest absolute Gasteiger partial charge is 0.375 e. The van der Waals surface area contributed by atoms with Crippen LogP contribution >= 0.6 is 11.3 Å². The second kappa shape index (κ2) is 5.22. The Morgan fingerprint density at radius 3 is 2.48 bits per heavy atom. The molecule has 112 valence electrons. The first-order valence-corrected chi connectivity index (χ1v) is 7.51. The SMILES string of the molecule is Nc1nc(-c2ccc(N3CCCC3)c(C(F)(F)F)c2)cs1. The van der Waals surface area contributed by atoms with Crippen LogP contribution in [-0.4, -0.2) is 18.1 Å². The Morgan fingerprint density at radius 2 is 1.90 bits per heavy atom. The highest BCUT2D eigenvalue weighted by atomic mass is 32.1. The summed E-state index contributed by atoms with van der Waals surface area (Å²) in [6.07, 6.45) is -2.52. The molecule has 0 amide bonds. The molecule has 0 spiro atoms. The number of hydrogen-bond donors (Lipinski definition) is 1. The van der Waals surface area contributed by atoms with E-state index in [0.29, 0.717) is 29.5 Å². The van der Waals surface area contributed by atoms with Crippen molar-refractivity contribution in [2.75, 3.05) is 23.7 Å². The van der Waals surface area contributed by atoms with Gasteiger partial charge in [-0.2, -0.15) is 13.2 Å². The zero-order valence-electron chi connectivity index (χ0n) is 11.2. The minimum absolute atomic E-state index is 0.256. The van der Waals surface area contributed by atoms with E-state index in [1.807, 2.05) is 0 Å². The Labute approximate surface area is 124 Å². The minimum atomic E-state index is -4.38. The summed E-state index contributed by atoms with van der Waals surface area (Å²) in [5.74, 6) is 0. The maximum Gasteiger partial charge on any atom is 0.418 e. The molecule has 21 heavy (non-hydrogen) atoms. The first-order chi connectivity index (χ1) is 9.95. The molecule has 3 rings (SSSR count). The third kappa shape index (κ3) is 2.83. The number of nitrogens with two attached hydrogens (primary N) is 1. The Morgan fingerprint density at radius 1 is 1.19 bits per heavy atom. The van der Waals surface area contributed by atoms with Gasteiger partial charge in [0.2, 0.25) is 0 Å². The molecule has 2 N–H and O–H groups in total. The topological polar surface area (TPSA) is 42.1 Å². The van der Waals surface area contributed by atoms with Gasteiger partial charge in [0.1, 0.15) is 0 Å². The fourth-order valence-corrected chi connectivity index (χ4v) is 3.15. The van der Waals surface area contributed by atoms with Crippen molar-refractivity contribution in [2.24, 2.45) is 0 Å². The Bertz CT molecular complexity index is 645. The molecular weight excluding hydrogens is 299 g/mol. The van der Waals surface area contributed by atoms with Gasteiger partial charge in [-0.1, -0.05) is 6.07 Å². The minimum Gasteiger partial charge on any atom is -0.375 e. The van der Waals surface area contributed by atoms with Gasteiger partial charge in [-0.05, 0) is 25.0 Å². The molecular formula is C14H14F3N3S. The molecule has 0 bridgehead atoms. The fraction of sp³-hybridized carbons (Fsp3) is 0.357. The lowest BCUT2D eigenvalue weighted by Crippen LogP contribution is -2.22. The molecule has 0 unspecified atom stereocenters. The average Bonchev–Trinajstić information content (AvgIpc) is 3.08. The van der Waals surface area contributed by atoms with Crippen LogP contribution in [-0.2, 0) is 6.18 Å². The van der Waals surface area contributed by atoms with E-state index in [9.17, 15) is 13.2 Å². The highest BCUT2D eigenvalue weighted by molar-refractivity contribution is 7.13. The summed E-state index contributed by atoms with van der Waals surface area (Å²) in [7, 11) is 0. The quantitative estimate of drug-likeness (QED) is 0.911. The van der Waals surface area contributed by atoms with Crippen LogP contribution in [0.15, 0.2) is 23.6 Å². The van der Waals surface area contributed by atoms with Crippen molar-refractivity contribution in [3.8, 4) is 11.3 Å². The molecule has 7 heteroatoms. The van der Waals surface area contributed by atoms with E-state index < -0.39 is 11.7 Å². The number of thiazole rings is 1. The summed E-state index contributed by atoms with van der Waals surface area (Å²) in [5.41, 5.74) is 6.12. The van der Waals surface area contributed by atoms with Crippen LogP contribution in [0.5, 0.6) is 0 Å². The molecule has 3 nitrogen and oxygen atoms in total. The number of rotatable bonds is 2. The number of hydrogen-bond acceptors (Lipinski definition) is 4. The average molecular weight is 313 g/mol. The standard InChI is InChI=1S/C14H14F3N3S/c15-14(16,17)10-7-9(11-8-21-13(18)19-11)3-4-12(10)20-5-1-2-6-20/h3-4,7-8H,1-2,5-6H2,(H2,18,19). The van der Waals surface area contributed by atoms with E-state index >= 15 is 0 Å². The van der Waals surface area contributed by atoms with Gasteiger partial charge in [-0.3, -0.25) is 0 Å². The van der Waals surface area contributed by atoms with Crippen LogP contribution < -0.4 is 10.6 Å². The summed E-state index contributed by atoms with van der Waals surface area (Å²) < 4.78 is 40.0. The Kier molecular flexibility index (Phi) is 3.52. The zero-order chi connectivity index (χ0) is 15.0. The van der Waals surface area contributed by atoms with Crippen molar-refractivity contribution in [3.05, 3.63) is 29.1 Å². The number of benzene rings is 1. The second-order valence-electron chi connectivity index (χ2n) is 4.99. The maximum absolute atomic E-state index is 13.3. The first kappa shape index (κ1) is 14.2. The van der Waals surface area contributed by atoms with E-state index in [-0.39, 0.29) is 5.69 Å². The molecule has 1 saturated heterocycles. The van der Waals surface area contributed by atoms with Gasteiger partial charge in [0.05, 0.1) is 11.3 Å². The predicted octanol–water partition coefficient (Wildman–Crippen LogP) is 4.01. The molecule has 1 aromatic carbocycles. The summed E-state index contributed by atoms with van der Waals surface area (Å²) in [6.45, 7) is 1.35. The monoisotopic (exact) mass is 313 g/mol. The molecule has 1 aromatic heterocycles. The number of anilines is 2. The van der Waals surface area contributed by atoms with Crippen molar-refractivity contribution in [1.29, 1.82) is 0 Å². The highest BCUT2D eigenvalue weighted by Crippen LogP contribution is 2.40. The molecule has 2 heterocycles. The van der Waals surface area contributed by atoms with Gasteiger partial charge in [-0.15, -0.1) is 11.3 Å². The zero-order valence-corrected chi connectivity index (χ0v) is 12.0. The van der Waals surface area contributed by atoms with E-state index in [1.54, 1.807) is 22.4 Å². The van der Waals surface area contributed by atoms with Crippen molar-refractivity contribution in [1.82, 2.24) is 4.98 Å². The van der Waals surface area contributed by atoms with Crippen molar-refractivity contribution >= 4 is 22.2 Å². The summed E-state index contributed by atoms with van der Waals surface area (Å²) in [6, 6.07) is 4.39. The van der Waals surface area contributed by atoms with Crippen molar-refractivity contribution in [3.63, 3.8) is 0 Å². The fourth-order valence-electron chi connectivity index (χ4n) is 2.58. The maximum atomic E-state index is 13.3. The van der Waals surface area contributed by atoms with Crippen molar-refractivity contribution in [2.45, 2.75) is 19.0 Å². The number of nitrogens with zero attached hydrogens (tertiary/aromatic N) is 2. The van der Waals surface area contributed by atoms with Gasteiger partial charge in [0.15, 0.2) is 5.13 Å². The van der Waals surface area contributed by atoms with Crippen molar-refractivity contribution < 1.29 is 13.2 Å². The number of halogens is 3. The summed E-state index contributed by atoms with van der Waals surface area (Å²) in [4.78, 5) is 5.84. The Balaban J connectivity index is 2.06. The Hall–Kier alpha value is -1.76. The molecule has 0 radical (unpaired) electrons. The van der Waals surface area contributed by atoms with E-state index in [4.69, 9.17) is 5.73 Å². The normalized spacial score (nSPS) is 15.7. The van der Waals surface area contributed by atoms with Crippen LogP contribution in [0, 0.1) is 0 Å². The lowest BCUT2D eigenvalue weighted by atomic mass is 10.1. The number of nitrogen functional groups attached to an aromatic ring is 1. The van der Waals surface area contributed by atoms with E-state index in [0.717, 1.165) is 12.8 Å². The van der Waals surface area contributed by atoms with Gasteiger partial charge in [0.25, 0.3) is 0 Å². The van der Waals surface area contributed by atoms with Crippen LogP contribution in [0.4, 0.5) is 24.0 Å². The third-order valence-electron chi connectivity index (χ3n) is 3.57. The molecule has 2 aromatic rings. The molecule has 1 aliphatic rings. The third-order valence-corrected chi connectivity index (χ3v) is 4.24. The second-order valence-corrected chi connectivity index (χ2v) is 5.88. The van der Waals surface area contributed by atoms with Gasteiger partial charge >= 0.3 is 6.18 Å². The molecule has 0 saturated carbocycles. The van der Waals surface area contributed by atoms with Crippen LogP contribution in [0.2, 0.25) is 0 Å². The van der Waals surface area contributed by atoms with Gasteiger partial charge in [-0.25, -0.2) is 4.98 Å². The lowest BCUT2D eigenvalue weighted by molar-refractivity contribution is -0.137. The number of aromatic nitrogens is 1. The van der Waals surface area contributed by atoms with E-state index in [1.165, 1.54) is 17.4 Å². The highest BCUT2D eigenvalue weighted by Gasteiger charge is 2.35. The molecule has 0 atom stereocenters. The van der Waals surface area contributed by atoms with E-state index in [2.05, 4.69) is 4.98 Å². The van der Waals surface area contributed by atoms with Crippen LogP contribution in [0.3, 0.4) is 0 Å². The predicted molar refractivity (Wildman–Crippen MR) is 78.4 cm³/mol. The first-order valence-electron chi connectivity index (χ1n) is 6.63. The molecule has 1 aliphatic heterocycles. The summed E-state index contributed by atoms with van der Waals surface area (Å²) in [5, 5.41) is 2.02. The van der Waals surface area contributed by atoms with Gasteiger partial charge < -0.3 is 10.6 Å². The van der Waals surface area contributed by atoms with Crippen LogP contribution in [0.1, 0.15) is 18.4 Å². The lowest BCUT2D eigenvalue weighted by Gasteiger charge is -2.23. The largest absolute Gasteiger partial charge is 0.418 e. The molecule has 0 aliphatic carbocycles. The summed E-state index contributed by atoms with van der Waals surface area (Å²) >= 11 is 1.22. The molecule has 1 fully saturated rings. The number of alkyl halides is 3. The van der Waals surface area contributed by atoms with Gasteiger partial charge in [0, 0.05) is 29.7 Å².